The normalized spacial score (nSPS) is 20.2. The molecular weight excluding hydrogens is 434 g/mol. The second-order valence-corrected chi connectivity index (χ2v) is 9.11. The monoisotopic (exact) mass is 467 g/mol. The summed E-state index contributed by atoms with van der Waals surface area (Å²) in [6.45, 7) is 7.04. The molecule has 2 heterocycles. The third kappa shape index (κ3) is 4.51. The minimum atomic E-state index is -1.04. The van der Waals surface area contributed by atoms with Crippen LogP contribution in [0.25, 0.3) is 0 Å². The maximum Gasteiger partial charge on any atom is 0.273 e. The molecule has 1 aliphatic heterocycles. The molecule has 34 heavy (non-hydrogen) atoms. The van der Waals surface area contributed by atoms with Gasteiger partial charge in [-0.25, -0.2) is 4.98 Å². The lowest BCUT2D eigenvalue weighted by molar-refractivity contribution is -0.133. The molecule has 2 aromatic rings. The second-order valence-electron chi connectivity index (χ2n) is 9.11. The molecule has 1 unspecified atom stereocenters. The first-order valence-corrected chi connectivity index (χ1v) is 12.0. The van der Waals surface area contributed by atoms with Gasteiger partial charge in [-0.3, -0.25) is 14.4 Å². The number of nitrogens with one attached hydrogen (secondary N) is 2. The molecule has 9 heteroatoms. The van der Waals surface area contributed by atoms with Crippen LogP contribution in [-0.2, 0) is 17.9 Å². The Hall–Kier alpha value is -3.36. The average Bonchev–Trinajstić information content (AvgIpc) is 3.49. The van der Waals surface area contributed by atoms with E-state index in [4.69, 9.17) is 4.74 Å². The third-order valence-corrected chi connectivity index (χ3v) is 6.76. The van der Waals surface area contributed by atoms with E-state index >= 15 is 0 Å². The topological polar surface area (TPSA) is 106 Å². The number of benzene rings is 1. The molecule has 1 aliphatic carbocycles. The molecule has 3 amide bonds. The molecule has 1 aromatic carbocycles. The van der Waals surface area contributed by atoms with E-state index in [1.807, 2.05) is 38.1 Å². The van der Waals surface area contributed by atoms with Crippen LogP contribution in [0.3, 0.4) is 0 Å². The molecule has 0 bridgehead atoms. The Morgan fingerprint density at radius 3 is 2.53 bits per heavy atom. The lowest BCUT2D eigenvalue weighted by Crippen LogP contribution is -2.64. The Morgan fingerprint density at radius 1 is 1.18 bits per heavy atom. The van der Waals surface area contributed by atoms with E-state index in [9.17, 15) is 14.4 Å². The van der Waals surface area contributed by atoms with Crippen LogP contribution in [-0.4, -0.2) is 56.9 Å². The predicted molar refractivity (Wildman–Crippen MR) is 127 cm³/mol. The van der Waals surface area contributed by atoms with Gasteiger partial charge in [0, 0.05) is 19.1 Å². The minimum Gasteiger partial charge on any atom is -0.494 e. The van der Waals surface area contributed by atoms with Crippen LogP contribution in [0.15, 0.2) is 30.6 Å². The fraction of sp³-hybridized carbons (Fsp3) is 0.520. The quantitative estimate of drug-likeness (QED) is 0.621. The van der Waals surface area contributed by atoms with E-state index in [0.29, 0.717) is 19.7 Å². The van der Waals surface area contributed by atoms with Crippen molar-refractivity contribution in [1.82, 2.24) is 25.1 Å². The van der Waals surface area contributed by atoms with Gasteiger partial charge < -0.3 is 24.8 Å². The maximum atomic E-state index is 13.5. The van der Waals surface area contributed by atoms with Gasteiger partial charge in [0.15, 0.2) is 5.69 Å². The van der Waals surface area contributed by atoms with Crippen molar-refractivity contribution in [1.29, 1.82) is 0 Å². The molecule has 1 atom stereocenters. The molecule has 0 spiro atoms. The largest absolute Gasteiger partial charge is 0.494 e. The van der Waals surface area contributed by atoms with E-state index in [1.165, 1.54) is 6.33 Å². The number of fused-ring (bicyclic) bond motifs is 1. The highest BCUT2D eigenvalue weighted by Gasteiger charge is 2.48. The fourth-order valence-corrected chi connectivity index (χ4v) is 4.90. The van der Waals surface area contributed by atoms with Gasteiger partial charge in [-0.1, -0.05) is 25.0 Å². The number of hydrogen-bond acceptors (Lipinski definition) is 5. The van der Waals surface area contributed by atoms with Gasteiger partial charge in [0.05, 0.1) is 19.5 Å². The molecule has 1 saturated carbocycles. The Balaban J connectivity index is 1.49. The second kappa shape index (κ2) is 9.87. The summed E-state index contributed by atoms with van der Waals surface area (Å²) in [4.78, 5) is 45.4. The number of rotatable bonds is 8. The molecule has 0 saturated heterocycles. The van der Waals surface area contributed by atoms with Gasteiger partial charge in [0.25, 0.3) is 11.8 Å². The van der Waals surface area contributed by atoms with E-state index in [1.54, 1.807) is 16.4 Å². The standard InChI is InChI=1S/C25H33N5O4/c1-4-30-23(32)21-20(22(31)26-14-17-10-12-19(13-11-17)34-5-2)27-16-29(21)15-25(30,3)24(33)28-18-8-6-7-9-18/h10-13,16,18H,4-9,14-15H2,1-3H3,(H,26,31)(H,28,33). The van der Waals surface area contributed by atoms with Gasteiger partial charge in [-0.05, 0) is 51.3 Å². The summed E-state index contributed by atoms with van der Waals surface area (Å²) < 4.78 is 7.07. The predicted octanol–water partition coefficient (Wildman–Crippen LogP) is 2.50. The number of ether oxygens (including phenoxy) is 1. The summed E-state index contributed by atoms with van der Waals surface area (Å²) in [5.74, 6) is -0.172. The smallest absolute Gasteiger partial charge is 0.273 e. The summed E-state index contributed by atoms with van der Waals surface area (Å²) in [6, 6.07) is 7.62. The number of likely N-dealkylation sites (N-methyl/N-ethyl adjacent to an activating group) is 1. The van der Waals surface area contributed by atoms with E-state index in [2.05, 4.69) is 15.6 Å². The van der Waals surface area contributed by atoms with Gasteiger partial charge >= 0.3 is 0 Å². The Morgan fingerprint density at radius 2 is 1.88 bits per heavy atom. The first-order chi connectivity index (χ1) is 16.4. The molecule has 2 aliphatic rings. The van der Waals surface area contributed by atoms with Crippen molar-refractivity contribution in [3.8, 4) is 5.75 Å². The number of carbonyl (C=O) groups excluding carboxylic acids is 3. The van der Waals surface area contributed by atoms with Crippen molar-refractivity contribution in [2.45, 2.75) is 71.1 Å². The van der Waals surface area contributed by atoms with Crippen LogP contribution in [0.2, 0.25) is 0 Å². The molecular formula is C25H33N5O4. The highest BCUT2D eigenvalue weighted by atomic mass is 16.5. The van der Waals surface area contributed by atoms with Crippen LogP contribution in [0.4, 0.5) is 0 Å². The first-order valence-electron chi connectivity index (χ1n) is 12.0. The zero-order chi connectivity index (χ0) is 24.3. The van der Waals surface area contributed by atoms with Crippen molar-refractivity contribution in [2.24, 2.45) is 0 Å². The van der Waals surface area contributed by atoms with Crippen LogP contribution in [0, 0.1) is 0 Å². The summed E-state index contributed by atoms with van der Waals surface area (Å²) in [5.41, 5.74) is 0.158. The molecule has 2 N–H and O–H groups in total. The highest BCUT2D eigenvalue weighted by Crippen LogP contribution is 2.29. The Labute approximate surface area is 199 Å². The zero-order valence-electron chi connectivity index (χ0n) is 20.1. The lowest BCUT2D eigenvalue weighted by atomic mass is 9.94. The van der Waals surface area contributed by atoms with Crippen molar-refractivity contribution >= 4 is 17.7 Å². The zero-order valence-corrected chi connectivity index (χ0v) is 20.1. The Kier molecular flexibility index (Phi) is 6.90. The van der Waals surface area contributed by atoms with Crippen molar-refractivity contribution in [3.05, 3.63) is 47.5 Å². The number of carbonyl (C=O) groups is 3. The van der Waals surface area contributed by atoms with E-state index in [0.717, 1.165) is 37.0 Å². The maximum absolute atomic E-state index is 13.5. The van der Waals surface area contributed by atoms with Crippen molar-refractivity contribution in [3.63, 3.8) is 0 Å². The number of aromatic nitrogens is 2. The number of amides is 3. The van der Waals surface area contributed by atoms with Gasteiger partial charge in [-0.2, -0.15) is 0 Å². The molecule has 182 valence electrons. The molecule has 9 nitrogen and oxygen atoms in total. The van der Waals surface area contributed by atoms with Crippen LogP contribution >= 0.6 is 0 Å². The number of hydrogen-bond donors (Lipinski definition) is 2. The summed E-state index contributed by atoms with van der Waals surface area (Å²) >= 11 is 0. The average molecular weight is 468 g/mol. The lowest BCUT2D eigenvalue weighted by Gasteiger charge is -2.43. The van der Waals surface area contributed by atoms with E-state index < -0.39 is 11.4 Å². The van der Waals surface area contributed by atoms with Gasteiger partial charge in [0.1, 0.15) is 17.0 Å². The van der Waals surface area contributed by atoms with Crippen molar-refractivity contribution < 1.29 is 19.1 Å². The highest BCUT2D eigenvalue weighted by molar-refractivity contribution is 6.07. The van der Waals surface area contributed by atoms with Crippen LogP contribution in [0.5, 0.6) is 5.75 Å². The molecule has 0 radical (unpaired) electrons. The first kappa shape index (κ1) is 23.8. The van der Waals surface area contributed by atoms with Gasteiger partial charge in [-0.15, -0.1) is 0 Å². The molecule has 4 rings (SSSR count). The molecule has 1 fully saturated rings. The summed E-state index contributed by atoms with van der Waals surface area (Å²) in [7, 11) is 0. The third-order valence-electron chi connectivity index (χ3n) is 6.76. The number of imidazole rings is 1. The van der Waals surface area contributed by atoms with Crippen LogP contribution in [0.1, 0.15) is 73.0 Å². The minimum absolute atomic E-state index is 0.0765. The fourth-order valence-electron chi connectivity index (χ4n) is 4.90. The Bertz CT molecular complexity index is 1060. The SMILES string of the molecule is CCOc1ccc(CNC(=O)c2ncn3c2C(=O)N(CC)C(C)(C(=O)NC2CCCC2)C3)cc1. The van der Waals surface area contributed by atoms with Crippen molar-refractivity contribution in [2.75, 3.05) is 13.2 Å². The van der Waals surface area contributed by atoms with Crippen LogP contribution < -0.4 is 15.4 Å². The van der Waals surface area contributed by atoms with Gasteiger partial charge in [0.2, 0.25) is 5.91 Å². The summed E-state index contributed by atoms with van der Waals surface area (Å²) in [6.07, 6.45) is 5.64. The van der Waals surface area contributed by atoms with E-state index in [-0.39, 0.29) is 35.8 Å². The number of nitrogens with zero attached hydrogens (tertiary/aromatic N) is 3. The summed E-state index contributed by atoms with van der Waals surface area (Å²) in [5, 5.41) is 5.97. The molecule has 1 aromatic heterocycles.